The minimum absolute atomic E-state index is 0.0193. The molecule has 0 spiro atoms. The van der Waals surface area contributed by atoms with Gasteiger partial charge in [0.25, 0.3) is 0 Å². The summed E-state index contributed by atoms with van der Waals surface area (Å²) in [4.78, 5) is 28.0. The van der Waals surface area contributed by atoms with Gasteiger partial charge in [0.1, 0.15) is 5.82 Å². The number of piperazine rings is 1. The van der Waals surface area contributed by atoms with Gasteiger partial charge in [-0.2, -0.15) is 0 Å². The van der Waals surface area contributed by atoms with Crippen molar-refractivity contribution in [1.29, 1.82) is 0 Å². The molecule has 2 heterocycles. The number of hydrogen-bond donors (Lipinski definition) is 2. The number of aliphatic hydroxyl groups is 1. The number of fused-ring (bicyclic) bond motifs is 1. The van der Waals surface area contributed by atoms with Crippen LogP contribution in [0.5, 0.6) is 5.75 Å². The molecule has 1 aromatic heterocycles. The summed E-state index contributed by atoms with van der Waals surface area (Å²) in [6, 6.07) is 12.9. The Kier molecular flexibility index (Phi) is 5.97. The van der Waals surface area contributed by atoms with Crippen LogP contribution in [0.1, 0.15) is 30.5 Å². The first-order valence-corrected chi connectivity index (χ1v) is 11.4. The number of nitrogens with zero attached hydrogens (tertiary/aromatic N) is 3. The maximum Gasteiger partial charge on any atom is 0.511 e. The van der Waals surface area contributed by atoms with Crippen LogP contribution in [-0.4, -0.2) is 58.6 Å². The van der Waals surface area contributed by atoms with Crippen LogP contribution in [0.25, 0.3) is 10.9 Å². The summed E-state index contributed by atoms with van der Waals surface area (Å²) < 4.78 is 21.9. The van der Waals surface area contributed by atoms with Crippen molar-refractivity contribution in [3.8, 4) is 5.75 Å². The Hall–Kier alpha value is -3.43. The number of aliphatic hydroxyl groups excluding tert-OH is 1. The van der Waals surface area contributed by atoms with E-state index in [0.29, 0.717) is 37.4 Å². The van der Waals surface area contributed by atoms with Gasteiger partial charge < -0.3 is 24.4 Å². The molecule has 1 aliphatic carbocycles. The molecule has 178 valence electrons. The molecule has 0 bridgehead atoms. The minimum Gasteiger partial charge on any atom is -0.449 e. The summed E-state index contributed by atoms with van der Waals surface area (Å²) in [5.74, 6) is -0.859. The topological polar surface area (TPSA) is 95.2 Å². The Morgan fingerprint density at radius 3 is 2.59 bits per heavy atom. The maximum atomic E-state index is 15.4. The van der Waals surface area contributed by atoms with Gasteiger partial charge >= 0.3 is 6.16 Å². The average Bonchev–Trinajstić information content (AvgIpc) is 3.67. The van der Waals surface area contributed by atoms with Gasteiger partial charge in [0.05, 0.1) is 35.4 Å². The number of pyridine rings is 1. The number of carbonyl (C=O) groups is 1. The summed E-state index contributed by atoms with van der Waals surface area (Å²) in [7, 11) is 0. The van der Waals surface area contributed by atoms with Gasteiger partial charge in [-0.1, -0.05) is 30.3 Å². The number of benzene rings is 2. The lowest BCUT2D eigenvalue weighted by atomic mass is 10.0. The highest BCUT2D eigenvalue weighted by molar-refractivity contribution is 5.85. The van der Waals surface area contributed by atoms with Crippen LogP contribution >= 0.6 is 0 Å². The van der Waals surface area contributed by atoms with Crippen molar-refractivity contribution < 1.29 is 24.1 Å². The van der Waals surface area contributed by atoms with Gasteiger partial charge in [0, 0.05) is 32.2 Å². The van der Waals surface area contributed by atoms with Crippen LogP contribution in [0.4, 0.5) is 14.9 Å². The highest BCUT2D eigenvalue weighted by atomic mass is 19.1. The van der Waals surface area contributed by atoms with Crippen LogP contribution in [0.15, 0.2) is 53.5 Å². The molecule has 0 radical (unpaired) electrons. The second-order valence-corrected chi connectivity index (χ2v) is 8.78. The molecular formula is C25H26FN3O5. The zero-order chi connectivity index (χ0) is 23.8. The van der Waals surface area contributed by atoms with E-state index in [9.17, 15) is 14.7 Å². The molecule has 1 atom stereocenters. The predicted molar refractivity (Wildman–Crippen MR) is 125 cm³/mol. The smallest absolute Gasteiger partial charge is 0.449 e. The van der Waals surface area contributed by atoms with E-state index in [1.165, 1.54) is 12.3 Å². The highest BCUT2D eigenvalue weighted by Gasteiger charge is 2.31. The van der Waals surface area contributed by atoms with Crippen molar-refractivity contribution >= 4 is 22.7 Å². The number of carboxylic acid groups (broad SMARTS) is 1. The molecule has 3 aromatic rings. The highest BCUT2D eigenvalue weighted by Crippen LogP contribution is 2.39. The summed E-state index contributed by atoms with van der Waals surface area (Å²) in [5, 5.41) is 18.6. The summed E-state index contributed by atoms with van der Waals surface area (Å²) in [6.45, 7) is 2.32. The largest absolute Gasteiger partial charge is 0.511 e. The van der Waals surface area contributed by atoms with E-state index >= 15 is 4.39 Å². The Labute approximate surface area is 195 Å². The lowest BCUT2D eigenvalue weighted by molar-refractivity contribution is 0.137. The van der Waals surface area contributed by atoms with Crippen LogP contribution in [0.3, 0.4) is 0 Å². The molecule has 2 N–H and O–H groups in total. The number of β-amino-alcohol motifs (C(OH)–C–C–N with tert-alkyl or cyclic N) is 1. The van der Waals surface area contributed by atoms with E-state index in [1.807, 2.05) is 39.8 Å². The standard InChI is InChI=1S/C25H26FN3O5/c26-19-12-18-20(29(17-6-7-17)15-23(24(18)31)34-25(32)33)13-21(19)28-9-8-27(10-11-30)22(14-28)16-4-2-1-3-5-16/h1-5,12-13,15,17,22,30H,6-11,14H2,(H,32,33). The lowest BCUT2D eigenvalue weighted by Gasteiger charge is -2.42. The van der Waals surface area contributed by atoms with Crippen molar-refractivity contribution in [3.05, 3.63) is 70.3 Å². The van der Waals surface area contributed by atoms with Crippen molar-refractivity contribution in [2.24, 2.45) is 0 Å². The molecule has 34 heavy (non-hydrogen) atoms. The molecule has 2 aromatic carbocycles. The minimum atomic E-state index is -1.58. The normalized spacial score (nSPS) is 18.9. The first-order chi connectivity index (χ1) is 16.5. The van der Waals surface area contributed by atoms with Gasteiger partial charge in [-0.15, -0.1) is 0 Å². The molecule has 1 unspecified atom stereocenters. The molecule has 1 aliphatic heterocycles. The molecule has 2 aliphatic rings. The average molecular weight is 467 g/mol. The summed E-state index contributed by atoms with van der Waals surface area (Å²) in [6.07, 6.45) is 1.63. The second kappa shape index (κ2) is 9.08. The molecule has 0 amide bonds. The first-order valence-electron chi connectivity index (χ1n) is 11.4. The molecule has 9 heteroatoms. The third kappa shape index (κ3) is 4.24. The van der Waals surface area contributed by atoms with E-state index in [4.69, 9.17) is 5.11 Å². The van der Waals surface area contributed by atoms with Crippen LogP contribution in [-0.2, 0) is 0 Å². The Morgan fingerprint density at radius 2 is 1.91 bits per heavy atom. The fourth-order valence-electron chi connectivity index (χ4n) is 4.82. The molecule has 5 rings (SSSR count). The van der Waals surface area contributed by atoms with Crippen molar-refractivity contribution in [2.45, 2.75) is 24.9 Å². The fourth-order valence-corrected chi connectivity index (χ4v) is 4.82. The molecule has 8 nitrogen and oxygen atoms in total. The van der Waals surface area contributed by atoms with Crippen LogP contribution in [0, 0.1) is 5.82 Å². The van der Waals surface area contributed by atoms with Gasteiger partial charge in [-0.3, -0.25) is 9.69 Å². The fraction of sp³-hybridized carbons (Fsp3) is 0.360. The quantitative estimate of drug-likeness (QED) is 0.537. The van der Waals surface area contributed by atoms with E-state index in [2.05, 4.69) is 9.64 Å². The lowest BCUT2D eigenvalue weighted by Crippen LogP contribution is -2.49. The van der Waals surface area contributed by atoms with Crippen molar-refractivity contribution in [2.75, 3.05) is 37.7 Å². The molecular weight excluding hydrogens is 441 g/mol. The van der Waals surface area contributed by atoms with E-state index < -0.39 is 17.4 Å². The van der Waals surface area contributed by atoms with Gasteiger partial charge in [-0.25, -0.2) is 9.18 Å². The van der Waals surface area contributed by atoms with Crippen LogP contribution in [0.2, 0.25) is 0 Å². The van der Waals surface area contributed by atoms with E-state index in [0.717, 1.165) is 18.4 Å². The Bertz CT molecular complexity index is 1280. The molecule has 1 saturated carbocycles. The molecule has 1 saturated heterocycles. The SMILES string of the molecule is O=C(O)Oc1cn(C2CC2)c2cc(N3CCN(CCO)C(c4ccccc4)C3)c(F)cc2c1=O. The van der Waals surface area contributed by atoms with Gasteiger partial charge in [0.15, 0.2) is 5.75 Å². The second-order valence-electron chi connectivity index (χ2n) is 8.78. The summed E-state index contributed by atoms with van der Waals surface area (Å²) >= 11 is 0. The van der Waals surface area contributed by atoms with E-state index in [1.54, 1.807) is 6.07 Å². The zero-order valence-corrected chi connectivity index (χ0v) is 18.6. The van der Waals surface area contributed by atoms with Gasteiger partial charge in [-0.05, 0) is 30.5 Å². The zero-order valence-electron chi connectivity index (χ0n) is 18.6. The predicted octanol–water partition coefficient (Wildman–Crippen LogP) is 3.39. The number of hydrogen-bond acceptors (Lipinski definition) is 6. The van der Waals surface area contributed by atoms with Crippen molar-refractivity contribution in [3.63, 3.8) is 0 Å². The third-order valence-electron chi connectivity index (χ3n) is 6.61. The first kappa shape index (κ1) is 22.4. The maximum absolute atomic E-state index is 15.4. The van der Waals surface area contributed by atoms with E-state index in [-0.39, 0.29) is 29.8 Å². The van der Waals surface area contributed by atoms with Crippen LogP contribution < -0.4 is 15.1 Å². The number of aromatic nitrogens is 1. The van der Waals surface area contributed by atoms with Crippen molar-refractivity contribution in [1.82, 2.24) is 9.47 Å². The Balaban J connectivity index is 1.56. The number of rotatable bonds is 6. The Morgan fingerprint density at radius 1 is 1.15 bits per heavy atom. The monoisotopic (exact) mass is 467 g/mol. The molecule has 2 fully saturated rings. The van der Waals surface area contributed by atoms with Gasteiger partial charge in [0.2, 0.25) is 5.43 Å². The number of anilines is 1. The number of halogens is 1. The summed E-state index contributed by atoms with van der Waals surface area (Å²) in [5.41, 5.74) is 1.41. The number of ether oxygens (including phenoxy) is 1. The third-order valence-corrected chi connectivity index (χ3v) is 6.61.